The molecule has 12 nitrogen and oxygen atoms in total. The highest BCUT2D eigenvalue weighted by molar-refractivity contribution is 5.90. The first-order valence-corrected chi connectivity index (χ1v) is 13.3. The van der Waals surface area contributed by atoms with Gasteiger partial charge in [-0.1, -0.05) is 0 Å². The van der Waals surface area contributed by atoms with E-state index in [1.54, 1.807) is 28.3 Å². The van der Waals surface area contributed by atoms with Crippen molar-refractivity contribution in [2.45, 2.75) is 25.9 Å². The molecule has 1 N–H and O–H groups in total. The van der Waals surface area contributed by atoms with Gasteiger partial charge in [-0.25, -0.2) is 33.8 Å². The van der Waals surface area contributed by atoms with E-state index in [1.807, 2.05) is 4.90 Å². The summed E-state index contributed by atoms with van der Waals surface area (Å²) >= 11 is 0. The molecule has 1 aromatic heterocycles. The molecule has 3 aliphatic heterocycles. The number of urea groups is 1. The van der Waals surface area contributed by atoms with Crippen LogP contribution in [0.1, 0.15) is 19.8 Å². The minimum Gasteiger partial charge on any atom is -0.444 e. The first-order chi connectivity index (χ1) is 19.3. The molecule has 0 saturated carbocycles. The van der Waals surface area contributed by atoms with Crippen LogP contribution in [-0.4, -0.2) is 103 Å². The lowest BCUT2D eigenvalue weighted by Crippen LogP contribution is -2.56. The van der Waals surface area contributed by atoms with Gasteiger partial charge in [0.05, 0.1) is 18.8 Å². The first kappa shape index (κ1) is 27.5. The fourth-order valence-electron chi connectivity index (χ4n) is 5.10. The standard InChI is InChI=1S/C26H32F2N8O4/c1-18(37)3-4-20-17-35(26(39)40-20)19-15-21(27)23(22(28)16-19)32-8-7-31-36(14-13-32)25(38)34-11-9-33(10-12-34)24-29-5-2-6-30-24/h2,5-6,15-16,20,31H,3-4,7-14,17H2,1H3/t20-/m0/s1. The van der Waals surface area contributed by atoms with Gasteiger partial charge in [-0.15, -0.1) is 0 Å². The average Bonchev–Trinajstić information content (AvgIpc) is 3.16. The Morgan fingerprint density at radius 3 is 2.35 bits per heavy atom. The van der Waals surface area contributed by atoms with E-state index in [2.05, 4.69) is 15.4 Å². The van der Waals surface area contributed by atoms with E-state index in [0.29, 0.717) is 45.1 Å². The van der Waals surface area contributed by atoms with Crippen molar-refractivity contribution in [3.63, 3.8) is 0 Å². The lowest BCUT2D eigenvalue weighted by molar-refractivity contribution is -0.117. The quantitative estimate of drug-likeness (QED) is 0.569. The number of aromatic nitrogens is 2. The van der Waals surface area contributed by atoms with Crippen molar-refractivity contribution >= 4 is 35.2 Å². The molecule has 0 bridgehead atoms. The molecule has 1 aromatic carbocycles. The van der Waals surface area contributed by atoms with Crippen molar-refractivity contribution in [2.24, 2.45) is 0 Å². The largest absolute Gasteiger partial charge is 0.444 e. The minimum absolute atomic E-state index is 0.0242. The molecule has 3 aliphatic rings. The van der Waals surface area contributed by atoms with Gasteiger partial charge in [0.15, 0.2) is 11.6 Å². The highest BCUT2D eigenvalue weighted by Crippen LogP contribution is 2.32. The van der Waals surface area contributed by atoms with Gasteiger partial charge in [0.1, 0.15) is 17.6 Å². The number of benzene rings is 1. The van der Waals surface area contributed by atoms with Crippen LogP contribution in [0.25, 0.3) is 0 Å². The fourth-order valence-corrected chi connectivity index (χ4v) is 5.10. The number of hydrogen-bond donors (Lipinski definition) is 1. The predicted octanol–water partition coefficient (Wildman–Crippen LogP) is 2.02. The summed E-state index contributed by atoms with van der Waals surface area (Å²) in [6.45, 7) is 4.77. The van der Waals surface area contributed by atoms with Crippen molar-refractivity contribution < 1.29 is 27.9 Å². The first-order valence-electron chi connectivity index (χ1n) is 13.3. The molecule has 0 radical (unpaired) electrons. The van der Waals surface area contributed by atoms with E-state index < -0.39 is 23.8 Å². The number of carbonyl (C=O) groups is 3. The summed E-state index contributed by atoms with van der Waals surface area (Å²) in [6, 6.07) is 3.79. The number of halogens is 2. The summed E-state index contributed by atoms with van der Waals surface area (Å²) in [5.74, 6) is -1.02. The summed E-state index contributed by atoms with van der Waals surface area (Å²) in [4.78, 5) is 51.7. The van der Waals surface area contributed by atoms with E-state index in [9.17, 15) is 14.4 Å². The van der Waals surface area contributed by atoms with Crippen molar-refractivity contribution in [1.29, 1.82) is 0 Å². The maximum Gasteiger partial charge on any atom is 0.414 e. The van der Waals surface area contributed by atoms with Crippen LogP contribution in [0.2, 0.25) is 0 Å². The Balaban J connectivity index is 1.18. The number of hydrogen-bond acceptors (Lipinski definition) is 9. The van der Waals surface area contributed by atoms with Crippen molar-refractivity contribution in [3.05, 3.63) is 42.2 Å². The molecular formula is C26H32F2N8O4. The molecule has 214 valence electrons. The number of piperazine rings is 1. The maximum absolute atomic E-state index is 15.3. The Morgan fingerprint density at radius 2 is 1.68 bits per heavy atom. The predicted molar refractivity (Wildman–Crippen MR) is 142 cm³/mol. The number of nitrogens with zero attached hydrogens (tertiary/aromatic N) is 7. The molecule has 0 spiro atoms. The van der Waals surface area contributed by atoms with Crippen LogP contribution >= 0.6 is 0 Å². The molecule has 3 fully saturated rings. The van der Waals surface area contributed by atoms with Crippen molar-refractivity contribution in [2.75, 3.05) is 73.6 Å². The molecule has 3 saturated heterocycles. The van der Waals surface area contributed by atoms with Gasteiger partial charge in [-0.3, -0.25) is 9.91 Å². The van der Waals surface area contributed by atoms with Gasteiger partial charge in [0.2, 0.25) is 5.95 Å². The van der Waals surface area contributed by atoms with Crippen LogP contribution in [0.15, 0.2) is 30.6 Å². The number of hydrazine groups is 1. The lowest BCUT2D eigenvalue weighted by Gasteiger charge is -2.37. The number of rotatable bonds is 6. The van der Waals surface area contributed by atoms with Crippen LogP contribution in [0.4, 0.5) is 35.7 Å². The van der Waals surface area contributed by atoms with Crippen LogP contribution < -0.4 is 20.1 Å². The normalized spacial score (nSPS) is 20.0. The smallest absolute Gasteiger partial charge is 0.414 e. The third kappa shape index (κ3) is 6.06. The summed E-state index contributed by atoms with van der Waals surface area (Å²) in [6.07, 6.45) is 2.76. The van der Waals surface area contributed by atoms with Gasteiger partial charge in [-0.2, -0.15) is 0 Å². The number of amides is 3. The molecule has 4 heterocycles. The van der Waals surface area contributed by atoms with Crippen LogP contribution in [-0.2, 0) is 9.53 Å². The molecular weight excluding hydrogens is 526 g/mol. The van der Waals surface area contributed by atoms with Gasteiger partial charge in [-0.05, 0) is 19.4 Å². The molecule has 1 atom stereocenters. The molecule has 5 rings (SSSR count). The lowest BCUT2D eigenvalue weighted by atomic mass is 10.1. The van der Waals surface area contributed by atoms with E-state index >= 15 is 8.78 Å². The Bertz CT molecular complexity index is 1220. The molecule has 0 unspecified atom stereocenters. The summed E-state index contributed by atoms with van der Waals surface area (Å²) < 4.78 is 35.8. The van der Waals surface area contributed by atoms with E-state index in [0.717, 1.165) is 12.1 Å². The number of carbonyl (C=O) groups excluding carboxylic acids is 3. The fraction of sp³-hybridized carbons (Fsp3) is 0.500. The summed E-state index contributed by atoms with van der Waals surface area (Å²) in [5, 5.41) is 1.49. The second-order valence-corrected chi connectivity index (χ2v) is 9.97. The second-order valence-electron chi connectivity index (χ2n) is 9.97. The third-order valence-corrected chi connectivity index (χ3v) is 7.22. The van der Waals surface area contributed by atoms with E-state index in [-0.39, 0.29) is 55.8 Å². The van der Waals surface area contributed by atoms with Gasteiger partial charge in [0.25, 0.3) is 0 Å². The van der Waals surface area contributed by atoms with Crippen molar-refractivity contribution in [3.8, 4) is 0 Å². The SMILES string of the molecule is CC(=O)CC[C@H]1CN(c2cc(F)c(N3CCNN(C(=O)N4CCN(c5ncccn5)CC4)CC3)c(F)c2)C(=O)O1. The van der Waals surface area contributed by atoms with Gasteiger partial charge < -0.3 is 24.2 Å². The Morgan fingerprint density at radius 1 is 1.00 bits per heavy atom. The number of ether oxygens (including phenoxy) is 1. The topological polar surface area (TPSA) is 114 Å². The molecule has 40 heavy (non-hydrogen) atoms. The monoisotopic (exact) mass is 558 g/mol. The molecule has 2 aromatic rings. The number of ketones is 1. The van der Waals surface area contributed by atoms with Gasteiger partial charge in [0, 0.05) is 76.8 Å². The van der Waals surface area contributed by atoms with Crippen LogP contribution in [0.3, 0.4) is 0 Å². The highest BCUT2D eigenvalue weighted by atomic mass is 19.1. The third-order valence-electron chi connectivity index (χ3n) is 7.22. The average molecular weight is 559 g/mol. The number of Topliss-reactive ketones (excluding diaryl/α,β-unsaturated/α-hetero) is 1. The van der Waals surface area contributed by atoms with Crippen LogP contribution in [0.5, 0.6) is 0 Å². The number of anilines is 3. The van der Waals surface area contributed by atoms with E-state index in [4.69, 9.17) is 4.74 Å². The summed E-state index contributed by atoms with van der Waals surface area (Å²) in [5.41, 5.74) is 2.91. The maximum atomic E-state index is 15.3. The minimum atomic E-state index is -0.811. The summed E-state index contributed by atoms with van der Waals surface area (Å²) in [7, 11) is 0. The second kappa shape index (κ2) is 12.0. The van der Waals surface area contributed by atoms with Gasteiger partial charge >= 0.3 is 12.1 Å². The Kier molecular flexibility index (Phi) is 8.24. The Hall–Kier alpha value is -4.07. The molecule has 0 aliphatic carbocycles. The number of nitrogens with one attached hydrogen (secondary N) is 1. The van der Waals surface area contributed by atoms with E-state index in [1.165, 1.54) is 16.8 Å². The van der Waals surface area contributed by atoms with Crippen LogP contribution in [0, 0.1) is 11.6 Å². The zero-order valence-electron chi connectivity index (χ0n) is 22.3. The zero-order valence-corrected chi connectivity index (χ0v) is 22.3. The Labute approximate surface area is 230 Å². The zero-order chi connectivity index (χ0) is 28.2. The highest BCUT2D eigenvalue weighted by Gasteiger charge is 2.34. The number of cyclic esters (lactones) is 1. The molecule has 14 heteroatoms. The molecule has 3 amide bonds. The van der Waals surface area contributed by atoms with Crippen molar-refractivity contribution in [1.82, 2.24) is 25.3 Å².